The number of nitrogens with two attached hydrogens (primary N) is 1. The average molecular weight is 277 g/mol. The lowest BCUT2D eigenvalue weighted by Crippen LogP contribution is -2.54. The fourth-order valence-electron chi connectivity index (χ4n) is 1.77. The van der Waals surface area contributed by atoms with Crippen LogP contribution < -0.4 is 11.2 Å². The van der Waals surface area contributed by atoms with Crippen LogP contribution in [0.15, 0.2) is 28.5 Å². The molecule has 1 aliphatic rings. The molecule has 0 fully saturated rings. The van der Waals surface area contributed by atoms with E-state index in [0.717, 1.165) is 12.1 Å². The van der Waals surface area contributed by atoms with Crippen LogP contribution in [0.3, 0.4) is 0 Å². The van der Waals surface area contributed by atoms with Gasteiger partial charge in [-0.05, 0) is 23.8 Å². The molecule has 1 heterocycles. The number of rotatable bonds is 2. The molecule has 3 N–H and O–H groups in total. The van der Waals surface area contributed by atoms with E-state index in [1.807, 2.05) is 0 Å². The highest BCUT2D eigenvalue weighted by atomic mass is 19.4. The highest BCUT2D eigenvalue weighted by molar-refractivity contribution is 5.28. The topological polar surface area (TPSA) is 66.0 Å². The molecule has 1 aliphatic heterocycles. The normalized spacial score (nSPS) is 23.2. The lowest BCUT2D eigenvalue weighted by Gasteiger charge is -2.21. The second-order valence-corrected chi connectivity index (χ2v) is 4.27. The zero-order chi connectivity index (χ0) is 14.3. The lowest BCUT2D eigenvalue weighted by molar-refractivity contribution is -0.137. The van der Waals surface area contributed by atoms with E-state index in [0.29, 0.717) is 6.07 Å². The molecule has 0 saturated carbocycles. The minimum absolute atomic E-state index is 0.0802. The first-order valence-electron chi connectivity index (χ1n) is 5.28. The van der Waals surface area contributed by atoms with Gasteiger partial charge in [-0.1, -0.05) is 5.22 Å². The molecule has 19 heavy (non-hydrogen) atoms. The highest BCUT2D eigenvalue weighted by Gasteiger charge is 2.34. The van der Waals surface area contributed by atoms with Crippen molar-refractivity contribution in [2.75, 3.05) is 7.05 Å². The zero-order valence-corrected chi connectivity index (χ0v) is 9.87. The molecule has 5 nitrogen and oxygen atoms in total. The van der Waals surface area contributed by atoms with Gasteiger partial charge in [-0.25, -0.2) is 9.51 Å². The van der Waals surface area contributed by atoms with Crippen molar-refractivity contribution in [3.05, 3.63) is 35.1 Å². The maximum atomic E-state index is 13.2. The summed E-state index contributed by atoms with van der Waals surface area (Å²) >= 11 is 0. The Morgan fingerprint density at radius 3 is 2.58 bits per heavy atom. The van der Waals surface area contributed by atoms with Gasteiger partial charge in [-0.2, -0.15) is 18.6 Å². The van der Waals surface area contributed by atoms with Crippen LogP contribution in [-0.2, 0) is 12.6 Å². The molecule has 0 saturated heterocycles. The predicted molar refractivity (Wildman–Crippen MR) is 57.8 cm³/mol. The molecule has 0 unspecified atom stereocenters. The van der Waals surface area contributed by atoms with Crippen LogP contribution in [0.5, 0.6) is 0 Å². The molecule has 1 atom stereocenters. The van der Waals surface area contributed by atoms with Crippen molar-refractivity contribution in [1.82, 2.24) is 10.5 Å². The molecule has 1 aromatic carbocycles. The summed E-state index contributed by atoms with van der Waals surface area (Å²) < 4.78 is 50.9. The van der Waals surface area contributed by atoms with E-state index in [1.54, 1.807) is 0 Å². The van der Waals surface area contributed by atoms with Gasteiger partial charge < -0.3 is 0 Å². The summed E-state index contributed by atoms with van der Waals surface area (Å²) in [7, 11) is 1.53. The molecule has 0 spiro atoms. The largest absolute Gasteiger partial charge is 0.416 e. The molecule has 9 heteroatoms. The monoisotopic (exact) mass is 277 g/mol. The number of hydrogen-bond donors (Lipinski definition) is 2. The summed E-state index contributed by atoms with van der Waals surface area (Å²) in [6.07, 6.45) is -4.73. The quantitative estimate of drug-likeness (QED) is 0.810. The van der Waals surface area contributed by atoms with Crippen LogP contribution in [0.1, 0.15) is 11.1 Å². The Kier molecular flexibility index (Phi) is 3.19. The zero-order valence-electron chi connectivity index (χ0n) is 9.87. The van der Waals surface area contributed by atoms with Crippen LogP contribution in [0.25, 0.3) is 0 Å². The van der Waals surface area contributed by atoms with Gasteiger partial charge in [0.15, 0.2) is 0 Å². The Labute approximate surface area is 106 Å². The number of benzene rings is 1. The SMILES string of the molecule is CN1N=N[C@](N)(Cc2cc(F)cc(C(F)(F)F)c2)N1. The van der Waals surface area contributed by atoms with Gasteiger partial charge in [-0.15, -0.1) is 5.11 Å². The van der Waals surface area contributed by atoms with Gasteiger partial charge in [0.05, 0.1) is 5.56 Å². The van der Waals surface area contributed by atoms with Crippen LogP contribution in [0.4, 0.5) is 17.6 Å². The average Bonchev–Trinajstić information content (AvgIpc) is 2.56. The summed E-state index contributed by atoms with van der Waals surface area (Å²) in [5.41, 5.74) is 7.42. The van der Waals surface area contributed by atoms with E-state index in [1.165, 1.54) is 12.2 Å². The van der Waals surface area contributed by atoms with E-state index >= 15 is 0 Å². The van der Waals surface area contributed by atoms with Gasteiger partial charge in [0.25, 0.3) is 0 Å². The maximum absolute atomic E-state index is 13.2. The Morgan fingerprint density at radius 2 is 2.05 bits per heavy atom. The van der Waals surface area contributed by atoms with Crippen LogP contribution >= 0.6 is 0 Å². The summed E-state index contributed by atoms with van der Waals surface area (Å²) in [5, 5.41) is 8.49. The van der Waals surface area contributed by atoms with Crippen molar-refractivity contribution in [3.8, 4) is 0 Å². The Bertz CT molecular complexity index is 515. The van der Waals surface area contributed by atoms with Gasteiger partial charge in [0.2, 0.25) is 5.79 Å². The van der Waals surface area contributed by atoms with E-state index in [-0.39, 0.29) is 12.0 Å². The molecule has 0 amide bonds. The second kappa shape index (κ2) is 4.42. The third-order valence-corrected chi connectivity index (χ3v) is 2.47. The third-order valence-electron chi connectivity index (χ3n) is 2.47. The number of halogens is 4. The number of nitrogens with zero attached hydrogens (tertiary/aromatic N) is 3. The summed E-state index contributed by atoms with van der Waals surface area (Å²) in [4.78, 5) is 0. The first kappa shape index (κ1) is 13.7. The van der Waals surface area contributed by atoms with Gasteiger partial charge in [0, 0.05) is 13.5 Å². The smallest absolute Gasteiger partial charge is 0.291 e. The van der Waals surface area contributed by atoms with Gasteiger partial charge in [0.1, 0.15) is 5.82 Å². The molecule has 0 bridgehead atoms. The summed E-state index contributed by atoms with van der Waals surface area (Å²) in [5.74, 6) is -2.34. The van der Waals surface area contributed by atoms with E-state index < -0.39 is 23.3 Å². The van der Waals surface area contributed by atoms with E-state index in [4.69, 9.17) is 5.73 Å². The van der Waals surface area contributed by atoms with Crippen LogP contribution in [-0.4, -0.2) is 18.0 Å². The molecular weight excluding hydrogens is 266 g/mol. The Hall–Kier alpha value is -1.74. The molecule has 0 aliphatic carbocycles. The number of hydrogen-bond acceptors (Lipinski definition) is 5. The fourth-order valence-corrected chi connectivity index (χ4v) is 1.77. The molecule has 0 aromatic heterocycles. The fraction of sp³-hybridized carbons (Fsp3) is 0.400. The molecule has 2 rings (SSSR count). The number of hydrazine groups is 1. The van der Waals surface area contributed by atoms with Crippen molar-refractivity contribution >= 4 is 0 Å². The van der Waals surface area contributed by atoms with Crippen molar-refractivity contribution in [3.63, 3.8) is 0 Å². The van der Waals surface area contributed by atoms with Crippen LogP contribution in [0, 0.1) is 5.82 Å². The minimum Gasteiger partial charge on any atom is -0.291 e. The second-order valence-electron chi connectivity index (χ2n) is 4.27. The number of nitrogens with one attached hydrogen (secondary N) is 1. The Balaban J connectivity index is 2.26. The molecule has 0 radical (unpaired) electrons. The summed E-state index contributed by atoms with van der Waals surface area (Å²) in [6.45, 7) is 0. The molecule has 104 valence electrons. The van der Waals surface area contributed by atoms with Crippen molar-refractivity contribution in [1.29, 1.82) is 0 Å². The summed E-state index contributed by atoms with van der Waals surface area (Å²) in [6, 6.07) is 2.26. The number of alkyl halides is 3. The van der Waals surface area contributed by atoms with E-state index in [9.17, 15) is 17.6 Å². The van der Waals surface area contributed by atoms with Gasteiger partial charge in [-0.3, -0.25) is 5.73 Å². The van der Waals surface area contributed by atoms with Crippen molar-refractivity contribution < 1.29 is 17.6 Å². The predicted octanol–water partition coefficient (Wildman–Crippen LogP) is 1.82. The van der Waals surface area contributed by atoms with E-state index in [2.05, 4.69) is 15.8 Å². The van der Waals surface area contributed by atoms with Crippen molar-refractivity contribution in [2.24, 2.45) is 16.1 Å². The maximum Gasteiger partial charge on any atom is 0.416 e. The van der Waals surface area contributed by atoms with Crippen LogP contribution in [0.2, 0.25) is 0 Å². The lowest BCUT2D eigenvalue weighted by atomic mass is 10.0. The first-order chi connectivity index (χ1) is 8.68. The first-order valence-corrected chi connectivity index (χ1v) is 5.28. The molecular formula is C10H11F4N5. The van der Waals surface area contributed by atoms with Gasteiger partial charge >= 0.3 is 6.18 Å². The minimum atomic E-state index is -4.61. The third kappa shape index (κ3) is 3.18. The Morgan fingerprint density at radius 1 is 1.37 bits per heavy atom. The van der Waals surface area contributed by atoms with Crippen molar-refractivity contribution in [2.45, 2.75) is 18.4 Å². The molecule has 1 aromatic rings. The standard InChI is InChI=1S/C10H11F4N5/c1-19-17-9(15,16-18-19)5-6-2-7(10(12,13)14)4-8(11)3-6/h2-4,17H,5,15H2,1H3/t9-/m1/s1. The highest BCUT2D eigenvalue weighted by Crippen LogP contribution is 2.31.